The van der Waals surface area contributed by atoms with Crippen molar-refractivity contribution in [2.24, 2.45) is 0 Å². The van der Waals surface area contributed by atoms with Gasteiger partial charge < -0.3 is 14.0 Å². The molecule has 0 spiro atoms. The second-order valence-corrected chi connectivity index (χ2v) is 8.13. The van der Waals surface area contributed by atoms with Gasteiger partial charge in [-0.2, -0.15) is 0 Å². The van der Waals surface area contributed by atoms with E-state index in [4.69, 9.17) is 14.5 Å². The average Bonchev–Trinajstić information content (AvgIpc) is 3.23. The van der Waals surface area contributed by atoms with E-state index in [1.165, 1.54) is 10.9 Å². The number of hydrogen-bond donors (Lipinski definition) is 0. The molecule has 5 rings (SSSR count). The molecule has 5 aromatic rings. The van der Waals surface area contributed by atoms with E-state index in [2.05, 4.69) is 72.2 Å². The van der Waals surface area contributed by atoms with Gasteiger partial charge >= 0.3 is 0 Å². The first-order valence-corrected chi connectivity index (χ1v) is 11.6. The number of aromatic nitrogens is 2. The number of ether oxygens (including phenoxy) is 2. The van der Waals surface area contributed by atoms with E-state index in [9.17, 15) is 0 Å². The van der Waals surface area contributed by atoms with E-state index in [-0.39, 0.29) is 0 Å². The summed E-state index contributed by atoms with van der Waals surface area (Å²) in [6, 6.07) is 31.1. The van der Waals surface area contributed by atoms with Crippen LogP contribution in [0.5, 0.6) is 11.5 Å². The van der Waals surface area contributed by atoms with Crippen molar-refractivity contribution in [2.75, 3.05) is 6.61 Å². The number of imidazole rings is 1. The van der Waals surface area contributed by atoms with E-state index in [0.717, 1.165) is 53.1 Å². The molecule has 0 unspecified atom stereocenters. The molecule has 0 aliphatic carbocycles. The van der Waals surface area contributed by atoms with E-state index in [1.807, 2.05) is 30.3 Å². The highest BCUT2D eigenvalue weighted by atomic mass is 16.5. The average molecular weight is 437 g/mol. The summed E-state index contributed by atoms with van der Waals surface area (Å²) in [4.78, 5) is 4.84. The molecule has 0 radical (unpaired) electrons. The van der Waals surface area contributed by atoms with Gasteiger partial charge in [0, 0.05) is 11.9 Å². The first-order chi connectivity index (χ1) is 16.3. The third-order valence-corrected chi connectivity index (χ3v) is 5.97. The van der Waals surface area contributed by atoms with Crippen molar-refractivity contribution >= 4 is 21.8 Å². The minimum absolute atomic E-state index is 0.435. The first kappa shape index (κ1) is 21.1. The largest absolute Gasteiger partial charge is 0.493 e. The molecule has 0 saturated carbocycles. The van der Waals surface area contributed by atoms with Crippen molar-refractivity contribution < 1.29 is 9.47 Å². The molecule has 0 fully saturated rings. The predicted octanol–water partition coefficient (Wildman–Crippen LogP) is 6.80. The number of rotatable bonds is 9. The predicted molar refractivity (Wildman–Crippen MR) is 134 cm³/mol. The topological polar surface area (TPSA) is 36.3 Å². The lowest BCUT2D eigenvalue weighted by atomic mass is 10.1. The second kappa shape index (κ2) is 9.78. The van der Waals surface area contributed by atoms with E-state index in [1.54, 1.807) is 0 Å². The number of aryl methyl sites for hydroxylation is 2. The molecule has 4 nitrogen and oxygen atoms in total. The summed E-state index contributed by atoms with van der Waals surface area (Å²) in [5.74, 6) is 2.73. The lowest BCUT2D eigenvalue weighted by Gasteiger charge is -2.12. The fraction of sp³-hybridized carbons (Fsp3) is 0.207. The first-order valence-electron chi connectivity index (χ1n) is 11.6. The summed E-state index contributed by atoms with van der Waals surface area (Å²) >= 11 is 0. The fourth-order valence-electron chi connectivity index (χ4n) is 4.18. The van der Waals surface area contributed by atoms with Crippen LogP contribution in [0.3, 0.4) is 0 Å². The van der Waals surface area contributed by atoms with Crippen molar-refractivity contribution in [1.82, 2.24) is 9.55 Å². The molecule has 0 saturated heterocycles. The zero-order valence-corrected chi connectivity index (χ0v) is 18.9. The van der Waals surface area contributed by atoms with E-state index < -0.39 is 0 Å². The number of nitrogens with zero attached hydrogens (tertiary/aromatic N) is 2. The molecular formula is C29H28N2O2. The van der Waals surface area contributed by atoms with Crippen LogP contribution in [0.15, 0.2) is 91.0 Å². The van der Waals surface area contributed by atoms with E-state index >= 15 is 0 Å². The van der Waals surface area contributed by atoms with Gasteiger partial charge in [-0.3, -0.25) is 0 Å². The Labute approximate surface area is 194 Å². The van der Waals surface area contributed by atoms with Crippen LogP contribution in [0.2, 0.25) is 0 Å². The fourth-order valence-corrected chi connectivity index (χ4v) is 4.18. The smallest absolute Gasteiger partial charge is 0.147 e. The third kappa shape index (κ3) is 4.70. The highest BCUT2D eigenvalue weighted by Gasteiger charge is 2.11. The maximum atomic E-state index is 6.16. The van der Waals surface area contributed by atoms with Crippen molar-refractivity contribution in [3.63, 3.8) is 0 Å². The summed E-state index contributed by atoms with van der Waals surface area (Å²) in [5, 5.41) is 2.35. The summed E-state index contributed by atoms with van der Waals surface area (Å²) in [6.45, 7) is 4.05. The lowest BCUT2D eigenvalue weighted by Crippen LogP contribution is -2.10. The summed E-state index contributed by atoms with van der Waals surface area (Å²) in [5.41, 5.74) is 3.43. The van der Waals surface area contributed by atoms with Crippen LogP contribution in [-0.2, 0) is 19.6 Å². The van der Waals surface area contributed by atoms with Gasteiger partial charge in [-0.25, -0.2) is 4.98 Å². The molecule has 0 aliphatic rings. The normalized spacial score (nSPS) is 11.2. The molecule has 4 aromatic carbocycles. The SMILES string of the molecule is CCc1ccc(OCc2nc3ccccc3n2CCCOc2cccc3ccccc23)cc1. The van der Waals surface area contributed by atoms with Gasteiger partial charge in [-0.05, 0) is 54.1 Å². The third-order valence-electron chi connectivity index (χ3n) is 5.97. The Balaban J connectivity index is 1.27. The van der Waals surface area contributed by atoms with Gasteiger partial charge in [0.15, 0.2) is 0 Å². The number of fused-ring (bicyclic) bond motifs is 2. The molecule has 0 amide bonds. The molecule has 33 heavy (non-hydrogen) atoms. The van der Waals surface area contributed by atoms with Gasteiger partial charge in [0.25, 0.3) is 0 Å². The molecular weight excluding hydrogens is 408 g/mol. The van der Waals surface area contributed by atoms with Gasteiger partial charge in [-0.1, -0.05) is 67.6 Å². The van der Waals surface area contributed by atoms with Crippen LogP contribution in [0.4, 0.5) is 0 Å². The van der Waals surface area contributed by atoms with Crippen LogP contribution in [-0.4, -0.2) is 16.2 Å². The Morgan fingerprint density at radius 3 is 2.45 bits per heavy atom. The minimum atomic E-state index is 0.435. The lowest BCUT2D eigenvalue weighted by molar-refractivity contribution is 0.281. The van der Waals surface area contributed by atoms with Gasteiger partial charge in [-0.15, -0.1) is 0 Å². The van der Waals surface area contributed by atoms with Crippen LogP contribution in [0, 0.1) is 0 Å². The zero-order valence-electron chi connectivity index (χ0n) is 18.9. The van der Waals surface area contributed by atoms with Crippen molar-refractivity contribution in [3.8, 4) is 11.5 Å². The summed E-state index contributed by atoms with van der Waals surface area (Å²) in [6.07, 6.45) is 1.90. The maximum Gasteiger partial charge on any atom is 0.147 e. The number of benzene rings is 4. The summed E-state index contributed by atoms with van der Waals surface area (Å²) in [7, 11) is 0. The van der Waals surface area contributed by atoms with Gasteiger partial charge in [0.1, 0.15) is 23.9 Å². The molecule has 0 aliphatic heterocycles. The molecule has 0 N–H and O–H groups in total. The van der Waals surface area contributed by atoms with Gasteiger partial charge in [0.05, 0.1) is 17.6 Å². The zero-order chi connectivity index (χ0) is 22.5. The Morgan fingerprint density at radius 2 is 1.58 bits per heavy atom. The van der Waals surface area contributed by atoms with Crippen LogP contribution in [0.1, 0.15) is 24.7 Å². The van der Waals surface area contributed by atoms with Crippen LogP contribution < -0.4 is 9.47 Å². The summed E-state index contributed by atoms with van der Waals surface area (Å²) < 4.78 is 14.5. The standard InChI is InChI=1S/C29H28N2O2/c1-2-22-15-17-24(18-16-22)33-21-29-30-26-12-5-6-13-27(26)31(29)19-8-20-32-28-14-7-10-23-9-3-4-11-25(23)28/h3-7,9-18H,2,8,19-21H2,1H3. The Kier molecular flexibility index (Phi) is 6.25. The minimum Gasteiger partial charge on any atom is -0.493 e. The number of hydrogen-bond acceptors (Lipinski definition) is 3. The highest BCUT2D eigenvalue weighted by Crippen LogP contribution is 2.25. The van der Waals surface area contributed by atoms with Crippen LogP contribution >= 0.6 is 0 Å². The molecule has 166 valence electrons. The Hall–Kier alpha value is -3.79. The van der Waals surface area contributed by atoms with Crippen molar-refractivity contribution in [1.29, 1.82) is 0 Å². The quantitative estimate of drug-likeness (QED) is 0.238. The molecule has 0 atom stereocenters. The van der Waals surface area contributed by atoms with Crippen molar-refractivity contribution in [2.45, 2.75) is 32.9 Å². The number of para-hydroxylation sites is 2. The highest BCUT2D eigenvalue weighted by molar-refractivity contribution is 5.88. The molecule has 0 bridgehead atoms. The maximum absolute atomic E-state index is 6.16. The van der Waals surface area contributed by atoms with Gasteiger partial charge in [0.2, 0.25) is 0 Å². The molecule has 4 heteroatoms. The van der Waals surface area contributed by atoms with E-state index in [0.29, 0.717) is 13.2 Å². The van der Waals surface area contributed by atoms with Crippen molar-refractivity contribution in [3.05, 3.63) is 102 Å². The van der Waals surface area contributed by atoms with Crippen LogP contribution in [0.25, 0.3) is 21.8 Å². The molecule has 1 aromatic heterocycles. The second-order valence-electron chi connectivity index (χ2n) is 8.13. The molecule has 1 heterocycles. The Bertz CT molecular complexity index is 1350. The monoisotopic (exact) mass is 436 g/mol. The Morgan fingerprint density at radius 1 is 0.788 bits per heavy atom.